The highest BCUT2D eigenvalue weighted by molar-refractivity contribution is 7.98. The molecule has 0 amide bonds. The van der Waals surface area contributed by atoms with Gasteiger partial charge in [-0.05, 0) is 24.3 Å². The number of carboxylic acid groups (broad SMARTS) is 1. The number of nitrogens with zero attached hydrogens (tertiary/aromatic N) is 2. The maximum atomic E-state index is 10.6. The van der Waals surface area contributed by atoms with Gasteiger partial charge in [-0.2, -0.15) is 16.9 Å². The van der Waals surface area contributed by atoms with Crippen molar-refractivity contribution in [2.45, 2.75) is 18.2 Å². The third-order valence-corrected chi connectivity index (χ3v) is 3.88. The van der Waals surface area contributed by atoms with Gasteiger partial charge in [0.2, 0.25) is 0 Å². The molecule has 0 aliphatic rings. The Bertz CT molecular complexity index is 557. The van der Waals surface area contributed by atoms with Crippen LogP contribution in [0.2, 0.25) is 0 Å². The molecule has 1 atom stereocenters. The number of hydrogen-bond donors (Lipinski definition) is 2. The molecule has 106 valence electrons. The zero-order valence-corrected chi connectivity index (χ0v) is 11.8. The van der Waals surface area contributed by atoms with Crippen LogP contribution in [-0.2, 0) is 10.5 Å². The Hall–Kier alpha value is -1.79. The summed E-state index contributed by atoms with van der Waals surface area (Å²) in [6.45, 7) is 0. The summed E-state index contributed by atoms with van der Waals surface area (Å²) in [5.74, 6) is 0.589. The van der Waals surface area contributed by atoms with Gasteiger partial charge in [0.15, 0.2) is 0 Å². The third-order valence-electron chi connectivity index (χ3n) is 2.82. The van der Waals surface area contributed by atoms with Gasteiger partial charge in [-0.3, -0.25) is 4.79 Å². The fourth-order valence-electron chi connectivity index (χ4n) is 1.68. The molecule has 0 saturated heterocycles. The lowest BCUT2D eigenvalue weighted by atomic mass is 10.2. The molecule has 5 nitrogen and oxygen atoms in total. The summed E-state index contributed by atoms with van der Waals surface area (Å²) in [6, 6.07) is 9.13. The van der Waals surface area contributed by atoms with Gasteiger partial charge in [0, 0.05) is 17.5 Å². The van der Waals surface area contributed by atoms with Crippen LogP contribution in [-0.4, -0.2) is 32.7 Å². The minimum atomic E-state index is -0.942. The number of carbonyl (C=O) groups is 1. The molecular weight excluding hydrogens is 274 g/mol. The van der Waals surface area contributed by atoms with Gasteiger partial charge in [-0.25, -0.2) is 4.68 Å². The number of rotatable bonds is 7. The van der Waals surface area contributed by atoms with E-state index in [1.807, 2.05) is 47.4 Å². The Labute approximate surface area is 121 Å². The van der Waals surface area contributed by atoms with Gasteiger partial charge >= 0.3 is 5.97 Å². The van der Waals surface area contributed by atoms with Crippen LogP contribution >= 0.6 is 11.8 Å². The second-order valence-corrected chi connectivity index (χ2v) is 5.52. The van der Waals surface area contributed by atoms with Crippen LogP contribution in [0, 0.1) is 0 Å². The first-order valence-corrected chi connectivity index (χ1v) is 7.47. The van der Waals surface area contributed by atoms with E-state index in [0.29, 0.717) is 6.42 Å². The maximum absolute atomic E-state index is 10.6. The zero-order chi connectivity index (χ0) is 14.4. The van der Waals surface area contributed by atoms with E-state index in [1.165, 1.54) is 0 Å². The zero-order valence-electron chi connectivity index (χ0n) is 11.0. The number of para-hydroxylation sites is 1. The normalized spacial score (nSPS) is 12.2. The highest BCUT2D eigenvalue weighted by atomic mass is 32.2. The molecule has 1 aromatic carbocycles. The third kappa shape index (κ3) is 4.11. The van der Waals surface area contributed by atoms with Gasteiger partial charge in [-0.15, -0.1) is 0 Å². The molecule has 0 bridgehead atoms. The Morgan fingerprint density at radius 1 is 1.40 bits per heavy atom. The summed E-state index contributed by atoms with van der Waals surface area (Å²) in [5.41, 5.74) is 7.59. The van der Waals surface area contributed by atoms with Crippen molar-refractivity contribution in [1.82, 2.24) is 9.78 Å². The fraction of sp³-hybridized carbons (Fsp3) is 0.286. The summed E-state index contributed by atoms with van der Waals surface area (Å²) < 4.78 is 1.83. The highest BCUT2D eigenvalue weighted by Crippen LogP contribution is 2.15. The molecule has 1 heterocycles. The Morgan fingerprint density at radius 3 is 2.85 bits per heavy atom. The number of hydrogen-bond acceptors (Lipinski definition) is 4. The molecule has 3 N–H and O–H groups in total. The van der Waals surface area contributed by atoms with E-state index in [1.54, 1.807) is 11.8 Å². The number of nitrogens with two attached hydrogens (primary N) is 1. The number of aliphatic carboxylic acids is 1. The summed E-state index contributed by atoms with van der Waals surface area (Å²) in [4.78, 5) is 10.6. The number of thioether (sulfide) groups is 1. The molecule has 0 fully saturated rings. The molecule has 2 rings (SSSR count). The SMILES string of the molecule is NC(CCSCc1cnn(-c2ccccc2)c1)C(=O)O. The van der Waals surface area contributed by atoms with Crippen molar-refractivity contribution in [3.63, 3.8) is 0 Å². The van der Waals surface area contributed by atoms with Gasteiger partial charge in [0.05, 0.1) is 11.9 Å². The standard InChI is InChI=1S/C14H17N3O2S/c15-13(14(18)19)6-7-20-10-11-8-16-17(9-11)12-4-2-1-3-5-12/h1-5,8-9,13H,6-7,10,15H2,(H,18,19). The van der Waals surface area contributed by atoms with E-state index in [9.17, 15) is 4.79 Å². The van der Waals surface area contributed by atoms with Crippen molar-refractivity contribution in [2.75, 3.05) is 5.75 Å². The van der Waals surface area contributed by atoms with Crippen molar-refractivity contribution >= 4 is 17.7 Å². The van der Waals surface area contributed by atoms with Gasteiger partial charge in [0.25, 0.3) is 0 Å². The number of carboxylic acids is 1. The highest BCUT2D eigenvalue weighted by Gasteiger charge is 2.10. The number of benzene rings is 1. The first-order valence-electron chi connectivity index (χ1n) is 6.32. The van der Waals surface area contributed by atoms with E-state index >= 15 is 0 Å². The van der Waals surface area contributed by atoms with E-state index in [-0.39, 0.29) is 0 Å². The summed E-state index contributed by atoms with van der Waals surface area (Å²) in [5, 5.41) is 13.0. The first-order chi connectivity index (χ1) is 9.66. The second-order valence-electron chi connectivity index (χ2n) is 4.41. The van der Waals surface area contributed by atoms with Crippen LogP contribution in [0.25, 0.3) is 5.69 Å². The van der Waals surface area contributed by atoms with E-state index in [4.69, 9.17) is 10.8 Å². The smallest absolute Gasteiger partial charge is 0.320 e. The van der Waals surface area contributed by atoms with Crippen LogP contribution in [0.4, 0.5) is 0 Å². The minimum absolute atomic E-state index is 0.479. The van der Waals surface area contributed by atoms with Crippen LogP contribution in [0.1, 0.15) is 12.0 Å². The van der Waals surface area contributed by atoms with Gasteiger partial charge in [0.1, 0.15) is 6.04 Å². The Balaban J connectivity index is 1.81. The molecule has 20 heavy (non-hydrogen) atoms. The lowest BCUT2D eigenvalue weighted by Crippen LogP contribution is -2.30. The predicted molar refractivity (Wildman–Crippen MR) is 80.0 cm³/mol. The lowest BCUT2D eigenvalue weighted by molar-refractivity contribution is -0.138. The summed E-state index contributed by atoms with van der Waals surface area (Å²) >= 11 is 1.66. The Kier molecular flexibility index (Phi) is 5.20. The quantitative estimate of drug-likeness (QED) is 0.762. The van der Waals surface area contributed by atoms with Crippen molar-refractivity contribution in [1.29, 1.82) is 0 Å². The molecule has 6 heteroatoms. The van der Waals surface area contributed by atoms with E-state index in [0.717, 1.165) is 22.8 Å². The van der Waals surface area contributed by atoms with E-state index < -0.39 is 12.0 Å². The van der Waals surface area contributed by atoms with Crippen LogP contribution < -0.4 is 5.73 Å². The Morgan fingerprint density at radius 2 is 2.15 bits per heavy atom. The lowest BCUT2D eigenvalue weighted by Gasteiger charge is -2.04. The largest absolute Gasteiger partial charge is 0.480 e. The fourth-order valence-corrected chi connectivity index (χ4v) is 2.63. The maximum Gasteiger partial charge on any atom is 0.320 e. The monoisotopic (exact) mass is 291 g/mol. The van der Waals surface area contributed by atoms with Gasteiger partial charge in [-0.1, -0.05) is 18.2 Å². The molecule has 1 unspecified atom stereocenters. The summed E-state index contributed by atoms with van der Waals surface area (Å²) in [7, 11) is 0. The van der Waals surface area contributed by atoms with Crippen LogP contribution in [0.5, 0.6) is 0 Å². The van der Waals surface area contributed by atoms with Crippen molar-refractivity contribution in [2.24, 2.45) is 5.73 Å². The van der Waals surface area contributed by atoms with Gasteiger partial charge < -0.3 is 10.8 Å². The molecule has 0 spiro atoms. The van der Waals surface area contributed by atoms with Crippen molar-refractivity contribution in [3.05, 3.63) is 48.3 Å². The minimum Gasteiger partial charge on any atom is -0.480 e. The van der Waals surface area contributed by atoms with Crippen LogP contribution in [0.15, 0.2) is 42.7 Å². The molecule has 0 saturated carbocycles. The molecular formula is C14H17N3O2S. The summed E-state index contributed by atoms with van der Waals surface area (Å²) in [6.07, 6.45) is 4.30. The molecule has 2 aromatic rings. The average Bonchev–Trinajstić information content (AvgIpc) is 2.93. The predicted octanol–water partition coefficient (Wildman–Crippen LogP) is 1.91. The molecule has 0 aliphatic carbocycles. The molecule has 0 aliphatic heterocycles. The average molecular weight is 291 g/mol. The topological polar surface area (TPSA) is 81.1 Å². The molecule has 0 radical (unpaired) electrons. The second kappa shape index (κ2) is 7.12. The van der Waals surface area contributed by atoms with Crippen LogP contribution in [0.3, 0.4) is 0 Å². The molecule has 1 aromatic heterocycles. The van der Waals surface area contributed by atoms with Crippen molar-refractivity contribution < 1.29 is 9.90 Å². The van der Waals surface area contributed by atoms with Crippen molar-refractivity contribution in [3.8, 4) is 5.69 Å². The van der Waals surface area contributed by atoms with E-state index in [2.05, 4.69) is 5.10 Å². The first kappa shape index (κ1) is 14.6. The number of aromatic nitrogens is 2.